The van der Waals surface area contributed by atoms with E-state index in [9.17, 15) is 8.42 Å². The maximum absolute atomic E-state index is 11.3. The molecule has 0 aromatic heterocycles. The summed E-state index contributed by atoms with van der Waals surface area (Å²) in [5, 5.41) is 0.952. The molecular weight excluding hydrogens is 210 g/mol. The van der Waals surface area contributed by atoms with Gasteiger partial charge in [-0.25, -0.2) is 13.1 Å². The molecule has 15 heavy (non-hydrogen) atoms. The van der Waals surface area contributed by atoms with Crippen molar-refractivity contribution >= 4 is 10.0 Å². The van der Waals surface area contributed by atoms with Crippen LogP contribution in [0.15, 0.2) is 36.3 Å². The maximum Gasteiger partial charge on any atom is 0.233 e. The van der Waals surface area contributed by atoms with Crippen LogP contribution >= 0.6 is 0 Å². The molecule has 1 aliphatic rings. The van der Waals surface area contributed by atoms with Crippen LogP contribution in [0.25, 0.3) is 0 Å². The topological polar surface area (TPSA) is 46.2 Å². The van der Waals surface area contributed by atoms with Crippen LogP contribution in [-0.4, -0.2) is 8.42 Å². The van der Waals surface area contributed by atoms with Crippen LogP contribution in [0.5, 0.6) is 0 Å². The van der Waals surface area contributed by atoms with E-state index in [0.29, 0.717) is 0 Å². The summed E-state index contributed by atoms with van der Waals surface area (Å²) in [6.45, 7) is 3.28. The quantitative estimate of drug-likeness (QED) is 0.848. The van der Waals surface area contributed by atoms with Crippen molar-refractivity contribution in [3.8, 4) is 0 Å². The second-order valence-corrected chi connectivity index (χ2v) is 5.28. The summed E-state index contributed by atoms with van der Waals surface area (Å²) in [6, 6.07) is 7.82. The van der Waals surface area contributed by atoms with E-state index in [4.69, 9.17) is 0 Å². The first-order valence-corrected chi connectivity index (χ1v) is 6.39. The number of hydrogen-bond acceptors (Lipinski definition) is 2. The molecule has 80 valence electrons. The average Bonchev–Trinajstić information content (AvgIpc) is 2.62. The molecule has 0 spiro atoms. The number of hydrogen-bond donors (Lipinski definition) is 1. The van der Waals surface area contributed by atoms with Crippen LogP contribution in [0.4, 0.5) is 0 Å². The summed E-state index contributed by atoms with van der Waals surface area (Å²) in [5.74, 6) is 0. The summed E-state index contributed by atoms with van der Waals surface area (Å²) in [4.78, 5) is 0. The number of sulfonamides is 1. The van der Waals surface area contributed by atoms with Crippen molar-refractivity contribution in [3.63, 3.8) is 0 Å². The second-order valence-electron chi connectivity index (χ2n) is 3.62. The third-order valence-electron chi connectivity index (χ3n) is 2.66. The van der Waals surface area contributed by atoms with Gasteiger partial charge in [0.1, 0.15) is 0 Å². The number of nitrogens with one attached hydrogen (secondary N) is 1. The van der Waals surface area contributed by atoms with Crippen LogP contribution in [0.2, 0.25) is 0 Å². The molecule has 0 fully saturated rings. The number of benzene rings is 1. The van der Waals surface area contributed by atoms with Gasteiger partial charge >= 0.3 is 0 Å². The van der Waals surface area contributed by atoms with Crippen molar-refractivity contribution in [2.45, 2.75) is 18.9 Å². The molecule has 0 aliphatic heterocycles. The minimum atomic E-state index is -3.33. The average molecular weight is 223 g/mol. The zero-order chi connectivity index (χ0) is 10.9. The summed E-state index contributed by atoms with van der Waals surface area (Å²) in [7, 11) is -3.33. The minimum absolute atomic E-state index is 0.0933. The van der Waals surface area contributed by atoms with Crippen LogP contribution in [-0.2, 0) is 16.4 Å². The summed E-state index contributed by atoms with van der Waals surface area (Å²) < 4.78 is 25.3. The molecule has 4 heteroatoms. The third-order valence-corrected chi connectivity index (χ3v) is 3.71. The van der Waals surface area contributed by atoms with Crippen molar-refractivity contribution in [2.24, 2.45) is 0 Å². The van der Waals surface area contributed by atoms with E-state index in [2.05, 4.69) is 11.3 Å². The monoisotopic (exact) mass is 223 g/mol. The van der Waals surface area contributed by atoms with E-state index in [0.717, 1.165) is 23.8 Å². The van der Waals surface area contributed by atoms with Crippen LogP contribution in [0.1, 0.15) is 23.6 Å². The van der Waals surface area contributed by atoms with Crippen molar-refractivity contribution in [1.29, 1.82) is 0 Å². The molecule has 0 bridgehead atoms. The summed E-state index contributed by atoms with van der Waals surface area (Å²) in [6.07, 6.45) is 1.76. The Balaban J connectivity index is 2.25. The fourth-order valence-electron chi connectivity index (χ4n) is 1.93. The van der Waals surface area contributed by atoms with Gasteiger partial charge in [-0.2, -0.15) is 0 Å². The molecule has 1 unspecified atom stereocenters. The van der Waals surface area contributed by atoms with Gasteiger partial charge in [0.25, 0.3) is 0 Å². The second kappa shape index (κ2) is 3.79. The lowest BCUT2D eigenvalue weighted by atomic mass is 10.1. The SMILES string of the molecule is C=CS(=O)(=O)NC1CCc2ccccc21. The van der Waals surface area contributed by atoms with Crippen LogP contribution in [0, 0.1) is 0 Å². The summed E-state index contributed by atoms with van der Waals surface area (Å²) in [5.41, 5.74) is 2.32. The lowest BCUT2D eigenvalue weighted by molar-refractivity contribution is 0.563. The highest BCUT2D eigenvalue weighted by Gasteiger charge is 2.24. The van der Waals surface area contributed by atoms with Gasteiger partial charge in [-0.05, 0) is 24.0 Å². The van der Waals surface area contributed by atoms with E-state index < -0.39 is 10.0 Å². The smallest absolute Gasteiger partial charge is 0.208 e. The highest BCUT2D eigenvalue weighted by molar-refractivity contribution is 7.92. The lowest BCUT2D eigenvalue weighted by Crippen LogP contribution is -2.25. The van der Waals surface area contributed by atoms with Gasteiger partial charge in [0.05, 0.1) is 0 Å². The first-order chi connectivity index (χ1) is 7.12. The Morgan fingerprint density at radius 2 is 2.13 bits per heavy atom. The zero-order valence-corrected chi connectivity index (χ0v) is 9.13. The van der Waals surface area contributed by atoms with E-state index in [1.165, 1.54) is 5.56 Å². The zero-order valence-electron chi connectivity index (χ0n) is 8.31. The molecule has 0 saturated carbocycles. The molecule has 0 heterocycles. The normalized spacial score (nSPS) is 19.9. The first-order valence-electron chi connectivity index (χ1n) is 4.85. The molecule has 1 aromatic rings. The van der Waals surface area contributed by atoms with E-state index in [1.807, 2.05) is 24.3 Å². The molecule has 1 aromatic carbocycles. The van der Waals surface area contributed by atoms with Gasteiger partial charge in [-0.3, -0.25) is 0 Å². The Bertz CT molecular complexity index is 479. The maximum atomic E-state index is 11.3. The van der Waals surface area contributed by atoms with Crippen molar-refractivity contribution in [3.05, 3.63) is 47.4 Å². The predicted octanol–water partition coefficient (Wildman–Crippen LogP) is 1.74. The van der Waals surface area contributed by atoms with Crippen LogP contribution in [0.3, 0.4) is 0 Å². The molecule has 1 aliphatic carbocycles. The Kier molecular flexibility index (Phi) is 2.63. The number of fused-ring (bicyclic) bond motifs is 1. The molecule has 0 radical (unpaired) electrons. The van der Waals surface area contributed by atoms with Gasteiger partial charge < -0.3 is 0 Å². The Morgan fingerprint density at radius 1 is 1.40 bits per heavy atom. The molecule has 1 N–H and O–H groups in total. The molecule has 3 nitrogen and oxygen atoms in total. The third kappa shape index (κ3) is 2.11. The van der Waals surface area contributed by atoms with E-state index in [1.54, 1.807) is 0 Å². The highest BCUT2D eigenvalue weighted by Crippen LogP contribution is 2.31. The van der Waals surface area contributed by atoms with Crippen LogP contribution < -0.4 is 4.72 Å². The Hall–Kier alpha value is -1.13. The van der Waals surface area contributed by atoms with Crippen molar-refractivity contribution in [2.75, 3.05) is 0 Å². The van der Waals surface area contributed by atoms with Gasteiger partial charge in [0.2, 0.25) is 10.0 Å². The van der Waals surface area contributed by atoms with Crippen molar-refractivity contribution < 1.29 is 8.42 Å². The minimum Gasteiger partial charge on any atom is -0.208 e. The van der Waals surface area contributed by atoms with Crippen molar-refractivity contribution in [1.82, 2.24) is 4.72 Å². The molecular formula is C11H13NO2S. The van der Waals surface area contributed by atoms with Gasteiger partial charge in [-0.15, -0.1) is 0 Å². The number of rotatable bonds is 3. The number of aryl methyl sites for hydroxylation is 1. The summed E-state index contributed by atoms with van der Waals surface area (Å²) >= 11 is 0. The molecule has 0 amide bonds. The largest absolute Gasteiger partial charge is 0.233 e. The fourth-order valence-corrected chi connectivity index (χ4v) is 2.66. The Labute approximate surface area is 89.9 Å². The van der Waals surface area contributed by atoms with E-state index >= 15 is 0 Å². The first kappa shape index (κ1) is 10.4. The highest BCUT2D eigenvalue weighted by atomic mass is 32.2. The Morgan fingerprint density at radius 3 is 2.87 bits per heavy atom. The van der Waals surface area contributed by atoms with Gasteiger partial charge in [0.15, 0.2) is 0 Å². The molecule has 1 atom stereocenters. The lowest BCUT2D eigenvalue weighted by Gasteiger charge is -2.11. The predicted molar refractivity (Wildman–Crippen MR) is 59.8 cm³/mol. The van der Waals surface area contributed by atoms with Gasteiger partial charge in [0, 0.05) is 11.4 Å². The van der Waals surface area contributed by atoms with E-state index in [-0.39, 0.29) is 6.04 Å². The van der Waals surface area contributed by atoms with Gasteiger partial charge in [-0.1, -0.05) is 30.8 Å². The fraction of sp³-hybridized carbons (Fsp3) is 0.273. The molecule has 2 rings (SSSR count). The standard InChI is InChI=1S/C11H13NO2S/c1-2-15(13,14)12-11-8-7-9-5-3-4-6-10(9)11/h2-6,11-12H,1,7-8H2. The molecule has 0 saturated heterocycles.